The van der Waals surface area contributed by atoms with E-state index in [1.807, 2.05) is 36.4 Å². The van der Waals surface area contributed by atoms with Gasteiger partial charge >= 0.3 is 6.03 Å². The summed E-state index contributed by atoms with van der Waals surface area (Å²) in [5.41, 5.74) is 2.70. The summed E-state index contributed by atoms with van der Waals surface area (Å²) in [6, 6.07) is 14.8. The Balaban J connectivity index is 1.51. The number of carbonyl (C=O) groups is 2. The molecule has 130 valence electrons. The molecule has 3 rings (SSSR count). The summed E-state index contributed by atoms with van der Waals surface area (Å²) in [5, 5.41) is 5.54. The summed E-state index contributed by atoms with van der Waals surface area (Å²) in [4.78, 5) is 25.3. The highest BCUT2D eigenvalue weighted by molar-refractivity contribution is 5.95. The van der Waals surface area contributed by atoms with Crippen LogP contribution in [0.4, 0.5) is 16.2 Å². The van der Waals surface area contributed by atoms with Crippen molar-refractivity contribution in [1.82, 2.24) is 5.32 Å². The maximum atomic E-state index is 12.0. The summed E-state index contributed by atoms with van der Waals surface area (Å²) in [6.07, 6.45) is 0.968. The standard InChI is InChI=1S/C19H21N3O3/c1-2-14-3-9-17(10-4-14)25-13-18(23)21-15-5-7-16(8-6-15)22-12-11-20-19(22)24/h3-10H,2,11-13H2,1H3,(H,20,24)(H,21,23). The molecule has 2 N–H and O–H groups in total. The molecule has 0 saturated carbocycles. The number of anilines is 2. The lowest BCUT2D eigenvalue weighted by Gasteiger charge is -2.14. The van der Waals surface area contributed by atoms with Crippen LogP contribution >= 0.6 is 0 Å². The summed E-state index contributed by atoms with van der Waals surface area (Å²) < 4.78 is 5.49. The summed E-state index contributed by atoms with van der Waals surface area (Å²) in [5.74, 6) is 0.439. The minimum Gasteiger partial charge on any atom is -0.484 e. The van der Waals surface area contributed by atoms with Crippen LogP contribution < -0.4 is 20.3 Å². The van der Waals surface area contributed by atoms with E-state index >= 15 is 0 Å². The SMILES string of the molecule is CCc1ccc(OCC(=O)Nc2ccc(N3CCNC3=O)cc2)cc1. The average molecular weight is 339 g/mol. The Morgan fingerprint density at radius 2 is 1.88 bits per heavy atom. The van der Waals surface area contributed by atoms with Crippen molar-refractivity contribution in [3.63, 3.8) is 0 Å². The van der Waals surface area contributed by atoms with Crippen molar-refractivity contribution in [3.8, 4) is 5.75 Å². The number of ether oxygens (including phenoxy) is 1. The Morgan fingerprint density at radius 1 is 1.16 bits per heavy atom. The van der Waals surface area contributed by atoms with Gasteiger partial charge in [-0.15, -0.1) is 0 Å². The normalized spacial score (nSPS) is 13.5. The molecule has 1 fully saturated rings. The third kappa shape index (κ3) is 4.29. The van der Waals surface area contributed by atoms with Crippen molar-refractivity contribution in [2.45, 2.75) is 13.3 Å². The summed E-state index contributed by atoms with van der Waals surface area (Å²) in [6.45, 7) is 3.33. The van der Waals surface area contributed by atoms with E-state index in [1.54, 1.807) is 17.0 Å². The molecule has 6 heteroatoms. The van der Waals surface area contributed by atoms with E-state index in [2.05, 4.69) is 17.6 Å². The lowest BCUT2D eigenvalue weighted by atomic mass is 10.2. The van der Waals surface area contributed by atoms with Gasteiger partial charge in [0.05, 0.1) is 0 Å². The van der Waals surface area contributed by atoms with Gasteiger partial charge in [0, 0.05) is 24.5 Å². The lowest BCUT2D eigenvalue weighted by molar-refractivity contribution is -0.118. The number of nitrogens with zero attached hydrogens (tertiary/aromatic N) is 1. The third-order valence-corrected chi connectivity index (χ3v) is 4.02. The van der Waals surface area contributed by atoms with Crippen molar-refractivity contribution < 1.29 is 14.3 Å². The van der Waals surface area contributed by atoms with Gasteiger partial charge in [-0.25, -0.2) is 4.79 Å². The lowest BCUT2D eigenvalue weighted by Crippen LogP contribution is -2.27. The molecular weight excluding hydrogens is 318 g/mol. The molecular formula is C19H21N3O3. The van der Waals surface area contributed by atoms with Gasteiger partial charge in [0.2, 0.25) is 0 Å². The number of carbonyl (C=O) groups excluding carboxylic acids is 2. The van der Waals surface area contributed by atoms with Gasteiger partial charge in [-0.05, 0) is 48.4 Å². The minimum atomic E-state index is -0.230. The molecule has 1 aliphatic heterocycles. The molecule has 0 radical (unpaired) electrons. The molecule has 6 nitrogen and oxygen atoms in total. The Labute approximate surface area is 146 Å². The molecule has 1 aliphatic rings. The number of amides is 3. The van der Waals surface area contributed by atoms with Gasteiger partial charge in [-0.2, -0.15) is 0 Å². The van der Waals surface area contributed by atoms with Gasteiger partial charge in [-0.1, -0.05) is 19.1 Å². The smallest absolute Gasteiger partial charge is 0.321 e. The Kier molecular flexibility index (Phi) is 5.18. The second-order valence-corrected chi connectivity index (χ2v) is 5.76. The predicted octanol–water partition coefficient (Wildman–Crippen LogP) is 2.80. The molecule has 0 atom stereocenters. The van der Waals surface area contributed by atoms with Crippen LogP contribution in [0.3, 0.4) is 0 Å². The average Bonchev–Trinajstić information content (AvgIpc) is 3.07. The van der Waals surface area contributed by atoms with E-state index in [4.69, 9.17) is 4.74 Å². The first kappa shape index (κ1) is 16.8. The monoisotopic (exact) mass is 339 g/mol. The third-order valence-electron chi connectivity index (χ3n) is 4.02. The fourth-order valence-corrected chi connectivity index (χ4v) is 2.61. The van der Waals surface area contributed by atoms with Crippen LogP contribution in [0.5, 0.6) is 5.75 Å². The summed E-state index contributed by atoms with van der Waals surface area (Å²) in [7, 11) is 0. The number of benzene rings is 2. The molecule has 0 spiro atoms. The molecule has 2 aromatic carbocycles. The number of aryl methyl sites for hydroxylation is 1. The van der Waals surface area contributed by atoms with E-state index in [1.165, 1.54) is 5.56 Å². The van der Waals surface area contributed by atoms with E-state index < -0.39 is 0 Å². The minimum absolute atomic E-state index is 0.0538. The Morgan fingerprint density at radius 3 is 2.48 bits per heavy atom. The molecule has 0 unspecified atom stereocenters. The molecule has 2 aromatic rings. The van der Waals surface area contributed by atoms with E-state index in [9.17, 15) is 9.59 Å². The molecule has 25 heavy (non-hydrogen) atoms. The van der Waals surface area contributed by atoms with E-state index in [-0.39, 0.29) is 18.5 Å². The number of urea groups is 1. The van der Waals surface area contributed by atoms with Crippen molar-refractivity contribution >= 4 is 23.3 Å². The molecule has 1 saturated heterocycles. The van der Waals surface area contributed by atoms with Crippen LogP contribution in [0.1, 0.15) is 12.5 Å². The van der Waals surface area contributed by atoms with Crippen LogP contribution in [-0.2, 0) is 11.2 Å². The maximum Gasteiger partial charge on any atom is 0.321 e. The van der Waals surface area contributed by atoms with Crippen molar-refractivity contribution in [3.05, 3.63) is 54.1 Å². The van der Waals surface area contributed by atoms with Gasteiger partial charge < -0.3 is 15.4 Å². The molecule has 3 amide bonds. The number of hydrogen-bond acceptors (Lipinski definition) is 3. The van der Waals surface area contributed by atoms with Crippen LogP contribution in [0.2, 0.25) is 0 Å². The highest BCUT2D eigenvalue weighted by Crippen LogP contribution is 2.19. The fraction of sp³-hybridized carbons (Fsp3) is 0.263. The molecule has 0 bridgehead atoms. The van der Waals surface area contributed by atoms with Gasteiger partial charge in [-0.3, -0.25) is 9.69 Å². The van der Waals surface area contributed by atoms with Gasteiger partial charge in [0.15, 0.2) is 6.61 Å². The number of rotatable bonds is 6. The first-order valence-electron chi connectivity index (χ1n) is 8.32. The van der Waals surface area contributed by atoms with Crippen LogP contribution in [0, 0.1) is 0 Å². The molecule has 0 aliphatic carbocycles. The maximum absolute atomic E-state index is 12.0. The predicted molar refractivity (Wildman–Crippen MR) is 97.1 cm³/mol. The Bertz CT molecular complexity index is 742. The number of nitrogens with one attached hydrogen (secondary N) is 2. The zero-order valence-electron chi connectivity index (χ0n) is 14.1. The molecule has 0 aromatic heterocycles. The molecule has 1 heterocycles. The number of hydrogen-bond donors (Lipinski definition) is 2. The van der Waals surface area contributed by atoms with Crippen molar-refractivity contribution in [2.75, 3.05) is 29.9 Å². The second kappa shape index (κ2) is 7.70. The van der Waals surface area contributed by atoms with E-state index in [0.29, 0.717) is 24.5 Å². The summed E-state index contributed by atoms with van der Waals surface area (Å²) >= 11 is 0. The first-order valence-corrected chi connectivity index (χ1v) is 8.32. The largest absolute Gasteiger partial charge is 0.484 e. The highest BCUT2D eigenvalue weighted by atomic mass is 16.5. The van der Waals surface area contributed by atoms with Crippen LogP contribution in [0.25, 0.3) is 0 Å². The fourth-order valence-electron chi connectivity index (χ4n) is 2.61. The Hall–Kier alpha value is -3.02. The zero-order valence-corrected chi connectivity index (χ0v) is 14.1. The quantitative estimate of drug-likeness (QED) is 0.850. The van der Waals surface area contributed by atoms with Gasteiger partial charge in [0.25, 0.3) is 5.91 Å². The second-order valence-electron chi connectivity index (χ2n) is 5.76. The highest BCUT2D eigenvalue weighted by Gasteiger charge is 2.20. The zero-order chi connectivity index (χ0) is 17.6. The van der Waals surface area contributed by atoms with Crippen LogP contribution in [0.15, 0.2) is 48.5 Å². The first-order chi connectivity index (χ1) is 12.2. The van der Waals surface area contributed by atoms with E-state index in [0.717, 1.165) is 12.1 Å². The van der Waals surface area contributed by atoms with Gasteiger partial charge in [0.1, 0.15) is 5.75 Å². The van der Waals surface area contributed by atoms with Crippen molar-refractivity contribution in [1.29, 1.82) is 0 Å². The topological polar surface area (TPSA) is 70.7 Å². The van der Waals surface area contributed by atoms with Crippen LogP contribution in [-0.4, -0.2) is 31.6 Å². The van der Waals surface area contributed by atoms with Crippen molar-refractivity contribution in [2.24, 2.45) is 0 Å².